The van der Waals surface area contributed by atoms with Crippen molar-refractivity contribution in [1.82, 2.24) is 4.90 Å². The fraction of sp³-hybridized carbons (Fsp3) is 0.833. The van der Waals surface area contributed by atoms with Crippen LogP contribution in [0.2, 0.25) is 0 Å². The number of rotatable bonds is 6. The summed E-state index contributed by atoms with van der Waals surface area (Å²) in [6.07, 6.45) is 1.05. The van der Waals surface area contributed by atoms with Crippen LogP contribution in [0.15, 0.2) is 0 Å². The van der Waals surface area contributed by atoms with E-state index in [-0.39, 0.29) is 12.3 Å². The number of nitrogens with one attached hydrogen (secondary N) is 1. The summed E-state index contributed by atoms with van der Waals surface area (Å²) in [7, 11) is -3.58. The molecule has 0 aliphatic heterocycles. The average molecular weight is 241 g/mol. The summed E-state index contributed by atoms with van der Waals surface area (Å²) in [6, 6.07) is 0. The van der Waals surface area contributed by atoms with Gasteiger partial charge in [0.15, 0.2) is 0 Å². The van der Waals surface area contributed by atoms with Gasteiger partial charge in [-0.3, -0.25) is 9.96 Å². The van der Waals surface area contributed by atoms with Crippen LogP contribution in [-0.2, 0) is 9.15 Å². The van der Waals surface area contributed by atoms with Crippen LogP contribution in [0.4, 0.5) is 0 Å². The summed E-state index contributed by atoms with van der Waals surface area (Å²) in [6.45, 7) is 3.70. The Bertz CT molecular complexity index is 283. The molecule has 0 bridgehead atoms. The lowest BCUT2D eigenvalue weighted by Crippen LogP contribution is -2.51. The van der Waals surface area contributed by atoms with Gasteiger partial charge >= 0.3 is 9.15 Å². The summed E-state index contributed by atoms with van der Waals surface area (Å²) in [5.74, 6) is 0.162. The molecule has 6 nitrogen and oxygen atoms in total. The van der Waals surface area contributed by atoms with Crippen LogP contribution in [-0.4, -0.2) is 42.2 Å². The van der Waals surface area contributed by atoms with Crippen LogP contribution >= 0.6 is 10.8 Å². The van der Waals surface area contributed by atoms with Gasteiger partial charge in [0, 0.05) is 12.3 Å². The molecule has 0 spiro atoms. The Morgan fingerprint density at radius 1 is 1.64 bits per heavy atom. The molecule has 0 amide bonds. The predicted octanol–water partition coefficient (Wildman–Crippen LogP) is 0.126. The van der Waals surface area contributed by atoms with Crippen LogP contribution in [0, 0.1) is 5.41 Å². The summed E-state index contributed by atoms with van der Waals surface area (Å²) >= 11 is 0. The SMILES string of the molecule is CC(C)(N)N(C=N)CCSS(=O)(=O)O. The van der Waals surface area contributed by atoms with Crippen molar-refractivity contribution in [3.05, 3.63) is 0 Å². The smallest absolute Gasteiger partial charge is 0.319 e. The second-order valence-corrected chi connectivity index (χ2v) is 6.70. The molecule has 14 heavy (non-hydrogen) atoms. The van der Waals surface area contributed by atoms with Gasteiger partial charge in [0.1, 0.15) is 0 Å². The summed E-state index contributed by atoms with van der Waals surface area (Å²) in [5, 5.41) is 7.05. The second-order valence-electron chi connectivity index (χ2n) is 3.23. The van der Waals surface area contributed by atoms with E-state index in [0.717, 1.165) is 6.34 Å². The first-order valence-corrected chi connectivity index (χ1v) is 6.79. The number of hydrogen-bond acceptors (Lipinski definition) is 5. The van der Waals surface area contributed by atoms with Gasteiger partial charge in [0.05, 0.1) is 12.0 Å². The molecule has 0 aromatic rings. The van der Waals surface area contributed by atoms with Crippen molar-refractivity contribution in [1.29, 1.82) is 5.41 Å². The molecule has 8 heteroatoms. The van der Waals surface area contributed by atoms with Crippen molar-refractivity contribution in [3.63, 3.8) is 0 Å². The number of nitrogens with zero attached hydrogens (tertiary/aromatic N) is 1. The van der Waals surface area contributed by atoms with Gasteiger partial charge in [-0.15, -0.1) is 0 Å². The highest BCUT2D eigenvalue weighted by Gasteiger charge is 2.18. The highest BCUT2D eigenvalue weighted by atomic mass is 33.1. The van der Waals surface area contributed by atoms with Crippen molar-refractivity contribution < 1.29 is 13.0 Å². The van der Waals surface area contributed by atoms with Crippen LogP contribution < -0.4 is 5.73 Å². The van der Waals surface area contributed by atoms with E-state index >= 15 is 0 Å². The lowest BCUT2D eigenvalue weighted by Gasteiger charge is -2.32. The molecule has 0 heterocycles. The Labute approximate surface area is 87.5 Å². The monoisotopic (exact) mass is 241 g/mol. The Balaban J connectivity index is 4.05. The molecule has 0 rings (SSSR count). The lowest BCUT2D eigenvalue weighted by molar-refractivity contribution is 0.240. The van der Waals surface area contributed by atoms with Crippen LogP contribution in [0.25, 0.3) is 0 Å². The zero-order valence-electron chi connectivity index (χ0n) is 8.10. The van der Waals surface area contributed by atoms with Crippen molar-refractivity contribution >= 4 is 26.3 Å². The topological polar surface area (TPSA) is 107 Å². The van der Waals surface area contributed by atoms with E-state index in [2.05, 4.69) is 0 Å². The third kappa shape index (κ3) is 6.19. The van der Waals surface area contributed by atoms with Crippen LogP contribution in [0.5, 0.6) is 0 Å². The van der Waals surface area contributed by atoms with Gasteiger partial charge < -0.3 is 10.6 Å². The molecule has 0 unspecified atom stereocenters. The second kappa shape index (κ2) is 4.96. The highest BCUT2D eigenvalue weighted by Crippen LogP contribution is 2.11. The molecule has 0 radical (unpaired) electrons. The van der Waals surface area contributed by atoms with E-state index < -0.39 is 14.8 Å². The van der Waals surface area contributed by atoms with E-state index in [9.17, 15) is 8.42 Å². The molecular weight excluding hydrogens is 226 g/mol. The third-order valence-electron chi connectivity index (χ3n) is 1.46. The number of nitrogens with two attached hydrogens (primary N) is 1. The highest BCUT2D eigenvalue weighted by molar-refractivity contribution is 8.69. The van der Waals surface area contributed by atoms with Crippen molar-refractivity contribution in [2.75, 3.05) is 12.3 Å². The minimum absolute atomic E-state index is 0.162. The maximum atomic E-state index is 10.4. The maximum Gasteiger partial charge on any atom is 0.319 e. The average Bonchev–Trinajstić information content (AvgIpc) is 1.93. The maximum absolute atomic E-state index is 10.4. The predicted molar refractivity (Wildman–Crippen MR) is 57.8 cm³/mol. The summed E-state index contributed by atoms with van der Waals surface area (Å²) in [5.41, 5.74) is 4.99. The first-order valence-electron chi connectivity index (χ1n) is 3.85. The molecular formula is C6H15N3O3S2. The quantitative estimate of drug-likeness (QED) is 0.200. The fourth-order valence-corrected chi connectivity index (χ4v) is 2.10. The Kier molecular flexibility index (Phi) is 4.85. The zero-order valence-corrected chi connectivity index (χ0v) is 9.73. The van der Waals surface area contributed by atoms with E-state index in [4.69, 9.17) is 15.7 Å². The van der Waals surface area contributed by atoms with Crippen molar-refractivity contribution in [2.45, 2.75) is 19.5 Å². The molecule has 0 aliphatic carbocycles. The van der Waals surface area contributed by atoms with E-state index in [0.29, 0.717) is 10.8 Å². The van der Waals surface area contributed by atoms with Gasteiger partial charge in [-0.05, 0) is 24.6 Å². The summed E-state index contributed by atoms with van der Waals surface area (Å²) < 4.78 is 29.2. The molecule has 0 aromatic carbocycles. The van der Waals surface area contributed by atoms with Crippen molar-refractivity contribution in [3.8, 4) is 0 Å². The Morgan fingerprint density at radius 3 is 2.43 bits per heavy atom. The molecule has 0 saturated heterocycles. The first-order chi connectivity index (χ1) is 6.17. The standard InChI is InChI=1S/C6H15N3O3S2/c1-6(2,8)9(5-7)3-4-13-14(10,11)12/h5,7H,3-4,8H2,1-2H3,(H,10,11,12). The van der Waals surface area contributed by atoms with Crippen LogP contribution in [0.1, 0.15) is 13.8 Å². The minimum atomic E-state index is -4.00. The minimum Gasteiger partial charge on any atom is -0.345 e. The summed E-state index contributed by atoms with van der Waals surface area (Å²) in [4.78, 5) is 1.48. The van der Waals surface area contributed by atoms with Gasteiger partial charge in [0.25, 0.3) is 0 Å². The molecule has 0 atom stereocenters. The Morgan fingerprint density at radius 2 is 2.14 bits per heavy atom. The van der Waals surface area contributed by atoms with Gasteiger partial charge in [0.2, 0.25) is 0 Å². The largest absolute Gasteiger partial charge is 0.345 e. The molecule has 0 aromatic heterocycles. The van der Waals surface area contributed by atoms with Crippen molar-refractivity contribution in [2.24, 2.45) is 5.73 Å². The fourth-order valence-electron chi connectivity index (χ4n) is 0.760. The Hall–Kier alpha value is -0.310. The van der Waals surface area contributed by atoms with E-state index in [1.54, 1.807) is 13.8 Å². The zero-order chi connectivity index (χ0) is 11.4. The first kappa shape index (κ1) is 13.7. The molecule has 0 saturated carbocycles. The molecule has 4 N–H and O–H groups in total. The van der Waals surface area contributed by atoms with Gasteiger partial charge in [-0.1, -0.05) is 0 Å². The normalized spacial score (nSPS) is 12.6. The van der Waals surface area contributed by atoms with E-state index in [1.165, 1.54) is 4.90 Å². The third-order valence-corrected chi connectivity index (χ3v) is 3.50. The molecule has 0 fully saturated rings. The van der Waals surface area contributed by atoms with Gasteiger partial charge in [-0.2, -0.15) is 8.42 Å². The van der Waals surface area contributed by atoms with Gasteiger partial charge in [-0.25, -0.2) is 0 Å². The lowest BCUT2D eigenvalue weighted by atomic mass is 10.2. The number of hydrogen-bond donors (Lipinski definition) is 3. The van der Waals surface area contributed by atoms with E-state index in [1.807, 2.05) is 0 Å². The molecule has 0 aliphatic rings. The van der Waals surface area contributed by atoms with Crippen LogP contribution in [0.3, 0.4) is 0 Å². The molecule has 84 valence electrons.